The van der Waals surface area contributed by atoms with Crippen LogP contribution in [0.5, 0.6) is 0 Å². The minimum Gasteiger partial charge on any atom is -0.465 e. The molecule has 1 atom stereocenters. The molecule has 1 aromatic heterocycles. The predicted molar refractivity (Wildman–Crippen MR) is 84.3 cm³/mol. The number of carbonyl (C=O) groups is 1. The van der Waals surface area contributed by atoms with E-state index in [1.54, 1.807) is 18.4 Å². The summed E-state index contributed by atoms with van der Waals surface area (Å²) < 4.78 is 10.7. The summed E-state index contributed by atoms with van der Waals surface area (Å²) in [5, 5.41) is 0. The molecule has 2 fully saturated rings. The van der Waals surface area contributed by atoms with Gasteiger partial charge in [0.05, 0.1) is 6.26 Å². The highest BCUT2D eigenvalue weighted by Crippen LogP contribution is 2.19. The molecule has 0 N–H and O–H groups in total. The molecule has 1 amide bonds. The van der Waals surface area contributed by atoms with E-state index < -0.39 is 0 Å². The van der Waals surface area contributed by atoms with E-state index >= 15 is 0 Å². The van der Waals surface area contributed by atoms with Gasteiger partial charge in [-0.2, -0.15) is 0 Å². The van der Waals surface area contributed by atoms with Gasteiger partial charge in [-0.25, -0.2) is 0 Å². The Bertz CT molecular complexity index is 506. The maximum Gasteiger partial charge on any atom is 0.247 e. The Balaban J connectivity index is 1.54. The van der Waals surface area contributed by atoms with Crippen molar-refractivity contribution in [2.24, 2.45) is 0 Å². The molecule has 0 saturated carbocycles. The molecule has 0 unspecified atom stereocenters. The van der Waals surface area contributed by atoms with Crippen LogP contribution in [0.25, 0.3) is 6.08 Å². The molecule has 5 nitrogen and oxygen atoms in total. The molecule has 3 rings (SSSR count). The normalized spacial score (nSPS) is 25.0. The van der Waals surface area contributed by atoms with Crippen molar-refractivity contribution in [1.29, 1.82) is 0 Å². The highest BCUT2D eigenvalue weighted by atomic mass is 16.5. The van der Waals surface area contributed by atoms with E-state index in [4.69, 9.17) is 9.15 Å². The summed E-state index contributed by atoms with van der Waals surface area (Å²) in [7, 11) is 0. The number of piperazine rings is 1. The molecular weight excluding hydrogens is 280 g/mol. The van der Waals surface area contributed by atoms with Gasteiger partial charge < -0.3 is 14.1 Å². The Morgan fingerprint density at radius 1 is 1.32 bits per heavy atom. The first-order chi connectivity index (χ1) is 10.7. The zero-order chi connectivity index (χ0) is 15.4. The highest BCUT2D eigenvalue weighted by Gasteiger charge is 2.30. The van der Waals surface area contributed by atoms with Crippen LogP contribution in [0.4, 0.5) is 0 Å². The minimum atomic E-state index is 0.0653. The largest absolute Gasteiger partial charge is 0.465 e. The Morgan fingerprint density at radius 3 is 2.82 bits per heavy atom. The zero-order valence-corrected chi connectivity index (χ0v) is 13.1. The maximum atomic E-state index is 12.3. The molecule has 0 bridgehead atoms. The lowest BCUT2D eigenvalue weighted by Gasteiger charge is -2.44. The first-order valence-corrected chi connectivity index (χ1v) is 8.08. The predicted octanol–water partition coefficient (Wildman–Crippen LogP) is 2.00. The van der Waals surface area contributed by atoms with E-state index in [-0.39, 0.29) is 11.9 Å². The summed E-state index contributed by atoms with van der Waals surface area (Å²) in [6.45, 7) is 6.55. The second-order valence-corrected chi connectivity index (χ2v) is 6.07. The molecular formula is C17H24N2O3. The molecule has 0 spiro atoms. The van der Waals surface area contributed by atoms with Crippen molar-refractivity contribution in [3.8, 4) is 0 Å². The van der Waals surface area contributed by atoms with Gasteiger partial charge in [0, 0.05) is 51.0 Å². The molecule has 120 valence electrons. The first kappa shape index (κ1) is 15.3. The van der Waals surface area contributed by atoms with Gasteiger partial charge in [0.1, 0.15) is 5.76 Å². The molecule has 2 aliphatic heterocycles. The number of hydrogen-bond acceptors (Lipinski definition) is 4. The number of rotatable bonds is 3. The van der Waals surface area contributed by atoms with E-state index in [1.807, 2.05) is 17.0 Å². The summed E-state index contributed by atoms with van der Waals surface area (Å²) in [4.78, 5) is 16.8. The highest BCUT2D eigenvalue weighted by molar-refractivity contribution is 5.91. The minimum absolute atomic E-state index is 0.0653. The molecule has 2 aliphatic rings. The van der Waals surface area contributed by atoms with Crippen LogP contribution >= 0.6 is 0 Å². The average Bonchev–Trinajstić information content (AvgIpc) is 3.07. The van der Waals surface area contributed by atoms with Crippen molar-refractivity contribution in [3.05, 3.63) is 30.2 Å². The summed E-state index contributed by atoms with van der Waals surface area (Å²) in [5.74, 6) is 0.775. The van der Waals surface area contributed by atoms with Gasteiger partial charge in [0.15, 0.2) is 0 Å². The third-order valence-corrected chi connectivity index (χ3v) is 4.58. The topological polar surface area (TPSA) is 45.9 Å². The number of hydrogen-bond donors (Lipinski definition) is 0. The van der Waals surface area contributed by atoms with Gasteiger partial charge in [0.25, 0.3) is 0 Å². The number of carbonyl (C=O) groups excluding carboxylic acids is 1. The van der Waals surface area contributed by atoms with Crippen molar-refractivity contribution in [3.63, 3.8) is 0 Å². The van der Waals surface area contributed by atoms with Gasteiger partial charge >= 0.3 is 0 Å². The maximum absolute atomic E-state index is 12.3. The molecule has 2 saturated heterocycles. The van der Waals surface area contributed by atoms with Crippen LogP contribution in [0.1, 0.15) is 25.5 Å². The van der Waals surface area contributed by atoms with Crippen LogP contribution in [0, 0.1) is 0 Å². The quantitative estimate of drug-likeness (QED) is 0.801. The summed E-state index contributed by atoms with van der Waals surface area (Å²) in [5.41, 5.74) is 0. The lowest BCUT2D eigenvalue weighted by Crippen LogP contribution is -2.56. The van der Waals surface area contributed by atoms with Crippen LogP contribution < -0.4 is 0 Å². The SMILES string of the molecule is C[C@H]1CN(C2CCOCC2)CCN1C(=O)/C=C/c1ccco1. The summed E-state index contributed by atoms with van der Waals surface area (Å²) in [6, 6.07) is 4.52. The standard InChI is InChI=1S/C17H24N2O3/c1-14-13-18(15-6-11-21-12-7-15)8-9-19(14)17(20)5-4-16-3-2-10-22-16/h2-5,10,14-15H,6-9,11-13H2,1H3/b5-4+/t14-/m0/s1. The van der Waals surface area contributed by atoms with Crippen molar-refractivity contribution < 1.29 is 13.9 Å². The number of furan rings is 1. The Morgan fingerprint density at radius 2 is 2.14 bits per heavy atom. The van der Waals surface area contributed by atoms with Gasteiger partial charge in [-0.1, -0.05) is 0 Å². The van der Waals surface area contributed by atoms with Crippen molar-refractivity contribution in [2.45, 2.75) is 31.8 Å². The van der Waals surface area contributed by atoms with E-state index in [1.165, 1.54) is 0 Å². The van der Waals surface area contributed by atoms with E-state index in [2.05, 4.69) is 11.8 Å². The van der Waals surface area contributed by atoms with Crippen LogP contribution in [-0.4, -0.2) is 60.6 Å². The van der Waals surface area contributed by atoms with Gasteiger partial charge in [-0.15, -0.1) is 0 Å². The Labute approximate surface area is 131 Å². The van der Waals surface area contributed by atoms with E-state index in [0.29, 0.717) is 11.8 Å². The smallest absolute Gasteiger partial charge is 0.247 e. The van der Waals surface area contributed by atoms with E-state index in [0.717, 1.165) is 45.7 Å². The summed E-state index contributed by atoms with van der Waals surface area (Å²) in [6.07, 6.45) is 7.18. The number of nitrogens with zero attached hydrogens (tertiary/aromatic N) is 2. The van der Waals surface area contributed by atoms with Crippen LogP contribution in [0.2, 0.25) is 0 Å². The average molecular weight is 304 g/mol. The molecule has 5 heteroatoms. The first-order valence-electron chi connectivity index (χ1n) is 8.08. The Kier molecular flexibility index (Phi) is 4.95. The number of amides is 1. The van der Waals surface area contributed by atoms with Crippen LogP contribution in [0.15, 0.2) is 28.9 Å². The fourth-order valence-corrected chi connectivity index (χ4v) is 3.33. The van der Waals surface area contributed by atoms with Crippen LogP contribution in [-0.2, 0) is 9.53 Å². The van der Waals surface area contributed by atoms with Crippen molar-refractivity contribution in [2.75, 3.05) is 32.8 Å². The molecule has 3 heterocycles. The van der Waals surface area contributed by atoms with Gasteiger partial charge in [0.2, 0.25) is 5.91 Å². The third kappa shape index (κ3) is 3.59. The molecule has 0 aliphatic carbocycles. The molecule has 22 heavy (non-hydrogen) atoms. The van der Waals surface area contributed by atoms with Crippen LogP contribution in [0.3, 0.4) is 0 Å². The molecule has 1 aromatic rings. The second kappa shape index (κ2) is 7.11. The fourth-order valence-electron chi connectivity index (χ4n) is 3.33. The monoisotopic (exact) mass is 304 g/mol. The third-order valence-electron chi connectivity index (χ3n) is 4.58. The Hall–Kier alpha value is -1.59. The van der Waals surface area contributed by atoms with Gasteiger partial charge in [-0.3, -0.25) is 9.69 Å². The van der Waals surface area contributed by atoms with Crippen molar-refractivity contribution >= 4 is 12.0 Å². The van der Waals surface area contributed by atoms with Crippen molar-refractivity contribution in [1.82, 2.24) is 9.80 Å². The van der Waals surface area contributed by atoms with Gasteiger partial charge in [-0.05, 0) is 38.0 Å². The summed E-state index contributed by atoms with van der Waals surface area (Å²) >= 11 is 0. The molecule has 0 radical (unpaired) electrons. The second-order valence-electron chi connectivity index (χ2n) is 6.07. The fraction of sp³-hybridized carbons (Fsp3) is 0.588. The molecule has 0 aromatic carbocycles. The van der Waals surface area contributed by atoms with E-state index in [9.17, 15) is 4.79 Å². The number of ether oxygens (including phenoxy) is 1. The lowest BCUT2D eigenvalue weighted by molar-refractivity contribution is -0.131. The lowest BCUT2D eigenvalue weighted by atomic mass is 10.0. The zero-order valence-electron chi connectivity index (χ0n) is 13.1.